The van der Waals surface area contributed by atoms with Crippen LogP contribution in [0.25, 0.3) is 0 Å². The predicted molar refractivity (Wildman–Crippen MR) is 50.9 cm³/mol. The van der Waals surface area contributed by atoms with Crippen LogP contribution in [-0.4, -0.2) is 29.1 Å². The highest BCUT2D eigenvalue weighted by molar-refractivity contribution is 5.72. The van der Waals surface area contributed by atoms with E-state index < -0.39 is 17.7 Å². The minimum atomic E-state index is -0.853. The molecule has 0 amide bonds. The Balaban J connectivity index is 2.26. The van der Waals surface area contributed by atoms with Crippen LogP contribution in [-0.2, 0) is 4.79 Å². The van der Waals surface area contributed by atoms with Gasteiger partial charge in [-0.1, -0.05) is 0 Å². The van der Waals surface area contributed by atoms with Gasteiger partial charge in [-0.25, -0.2) is 4.39 Å². The number of carboxylic acids is 1. The lowest BCUT2D eigenvalue weighted by molar-refractivity contribution is -0.141. The smallest absolute Gasteiger partial charge is 0.308 e. The Morgan fingerprint density at radius 1 is 1.53 bits per heavy atom. The number of carboxylic acid groups (broad SMARTS) is 1. The number of hydrogen-bond donors (Lipinski definition) is 2. The van der Waals surface area contributed by atoms with Crippen LogP contribution in [0.5, 0.6) is 0 Å². The largest absolute Gasteiger partial charge is 0.481 e. The number of carbonyl (C=O) groups is 1. The molecule has 2 N–H and O–H groups in total. The lowest BCUT2D eigenvalue weighted by atomic mass is 9.90. The Morgan fingerprint density at radius 2 is 2.33 bits per heavy atom. The van der Waals surface area contributed by atoms with E-state index in [1.807, 2.05) is 0 Å². The van der Waals surface area contributed by atoms with E-state index in [-0.39, 0.29) is 5.92 Å². The van der Waals surface area contributed by atoms with Crippen LogP contribution in [0.4, 0.5) is 4.39 Å². The molecular weight excluding hydrogens is 199 g/mol. The van der Waals surface area contributed by atoms with Crippen molar-refractivity contribution in [1.29, 1.82) is 0 Å². The van der Waals surface area contributed by atoms with Crippen LogP contribution >= 0.6 is 0 Å². The standard InChI is InChI=1S/C10H11FN2O2/c11-7-1-6(2-12-3-7)8-4-13-5-9(8)10(14)15/h1-3,8-9,13H,4-5H2,(H,14,15). The zero-order valence-corrected chi connectivity index (χ0v) is 7.98. The molecule has 0 aromatic carbocycles. The van der Waals surface area contributed by atoms with Crippen molar-refractivity contribution >= 4 is 5.97 Å². The number of halogens is 1. The summed E-state index contributed by atoms with van der Waals surface area (Å²) in [6, 6.07) is 1.35. The van der Waals surface area contributed by atoms with Crippen molar-refractivity contribution in [2.24, 2.45) is 5.92 Å². The van der Waals surface area contributed by atoms with Gasteiger partial charge < -0.3 is 10.4 Å². The maximum atomic E-state index is 12.9. The van der Waals surface area contributed by atoms with Gasteiger partial charge in [0.25, 0.3) is 0 Å². The highest BCUT2D eigenvalue weighted by Gasteiger charge is 2.34. The second-order valence-electron chi connectivity index (χ2n) is 3.65. The van der Waals surface area contributed by atoms with Gasteiger partial charge in [-0.15, -0.1) is 0 Å². The molecule has 2 unspecified atom stereocenters. The Kier molecular flexibility index (Phi) is 2.64. The molecule has 2 heterocycles. The number of aliphatic carboxylic acids is 1. The van der Waals surface area contributed by atoms with Crippen molar-refractivity contribution in [3.63, 3.8) is 0 Å². The minimum Gasteiger partial charge on any atom is -0.481 e. The number of rotatable bonds is 2. The van der Waals surface area contributed by atoms with Gasteiger partial charge in [-0.05, 0) is 11.6 Å². The summed E-state index contributed by atoms with van der Waals surface area (Å²) < 4.78 is 12.9. The summed E-state index contributed by atoms with van der Waals surface area (Å²) in [4.78, 5) is 14.6. The third-order valence-electron chi connectivity index (χ3n) is 2.69. The first kappa shape index (κ1) is 10.0. The Hall–Kier alpha value is -1.49. The van der Waals surface area contributed by atoms with Gasteiger partial charge in [0, 0.05) is 25.2 Å². The molecule has 0 saturated carbocycles. The van der Waals surface area contributed by atoms with E-state index in [4.69, 9.17) is 5.11 Å². The summed E-state index contributed by atoms with van der Waals surface area (Å²) in [5.41, 5.74) is 0.646. The van der Waals surface area contributed by atoms with Gasteiger partial charge in [0.15, 0.2) is 0 Å². The summed E-state index contributed by atoms with van der Waals surface area (Å²) >= 11 is 0. The van der Waals surface area contributed by atoms with Crippen molar-refractivity contribution in [3.05, 3.63) is 29.8 Å². The lowest BCUT2D eigenvalue weighted by Crippen LogP contribution is -2.21. The average molecular weight is 210 g/mol. The number of aromatic nitrogens is 1. The average Bonchev–Trinajstić information content (AvgIpc) is 2.65. The molecule has 0 aliphatic carbocycles. The van der Waals surface area contributed by atoms with Crippen LogP contribution in [0.3, 0.4) is 0 Å². The molecule has 1 aliphatic heterocycles. The molecule has 5 heteroatoms. The first-order valence-corrected chi connectivity index (χ1v) is 4.72. The van der Waals surface area contributed by atoms with E-state index in [0.29, 0.717) is 18.7 Å². The summed E-state index contributed by atoms with van der Waals surface area (Å²) in [6.07, 6.45) is 2.64. The second kappa shape index (κ2) is 3.94. The lowest BCUT2D eigenvalue weighted by Gasteiger charge is -2.14. The van der Waals surface area contributed by atoms with E-state index in [9.17, 15) is 9.18 Å². The first-order valence-electron chi connectivity index (χ1n) is 4.72. The van der Waals surface area contributed by atoms with Crippen LogP contribution in [0.1, 0.15) is 11.5 Å². The van der Waals surface area contributed by atoms with Gasteiger partial charge in [-0.3, -0.25) is 9.78 Å². The molecule has 1 saturated heterocycles. The normalized spacial score (nSPS) is 25.4. The molecule has 15 heavy (non-hydrogen) atoms. The third-order valence-corrected chi connectivity index (χ3v) is 2.69. The highest BCUT2D eigenvalue weighted by Crippen LogP contribution is 2.27. The molecule has 1 aliphatic rings. The quantitative estimate of drug-likeness (QED) is 0.750. The fourth-order valence-corrected chi connectivity index (χ4v) is 1.92. The monoisotopic (exact) mass is 210 g/mol. The maximum absolute atomic E-state index is 12.9. The predicted octanol–water partition coefficient (Wildman–Crippen LogP) is 0.608. The molecule has 2 atom stereocenters. The van der Waals surface area contributed by atoms with Gasteiger partial charge in [0.05, 0.1) is 12.1 Å². The van der Waals surface area contributed by atoms with Crippen LogP contribution in [0.2, 0.25) is 0 Å². The van der Waals surface area contributed by atoms with Gasteiger partial charge in [0.2, 0.25) is 0 Å². The molecule has 0 radical (unpaired) electrons. The molecule has 1 fully saturated rings. The summed E-state index contributed by atoms with van der Waals surface area (Å²) in [5.74, 6) is -1.96. The van der Waals surface area contributed by atoms with Crippen molar-refractivity contribution in [2.75, 3.05) is 13.1 Å². The van der Waals surface area contributed by atoms with E-state index in [1.54, 1.807) is 0 Å². The van der Waals surface area contributed by atoms with Crippen LogP contribution in [0, 0.1) is 11.7 Å². The van der Waals surface area contributed by atoms with Crippen molar-refractivity contribution in [1.82, 2.24) is 10.3 Å². The molecule has 80 valence electrons. The summed E-state index contributed by atoms with van der Waals surface area (Å²) in [6.45, 7) is 0.985. The topological polar surface area (TPSA) is 62.2 Å². The first-order chi connectivity index (χ1) is 7.18. The Morgan fingerprint density at radius 3 is 3.00 bits per heavy atom. The van der Waals surface area contributed by atoms with Gasteiger partial charge in [-0.2, -0.15) is 0 Å². The fraction of sp³-hybridized carbons (Fsp3) is 0.400. The van der Waals surface area contributed by atoms with Crippen molar-refractivity contribution in [2.45, 2.75) is 5.92 Å². The minimum absolute atomic E-state index is 0.189. The highest BCUT2D eigenvalue weighted by atomic mass is 19.1. The van der Waals surface area contributed by atoms with Crippen LogP contribution in [0.15, 0.2) is 18.5 Å². The number of hydrogen-bond acceptors (Lipinski definition) is 3. The molecule has 0 bridgehead atoms. The van der Waals surface area contributed by atoms with Gasteiger partial charge in [0.1, 0.15) is 5.82 Å². The fourth-order valence-electron chi connectivity index (χ4n) is 1.92. The van der Waals surface area contributed by atoms with E-state index in [1.165, 1.54) is 12.3 Å². The van der Waals surface area contributed by atoms with Crippen molar-refractivity contribution < 1.29 is 14.3 Å². The van der Waals surface area contributed by atoms with Crippen molar-refractivity contribution in [3.8, 4) is 0 Å². The molecule has 4 nitrogen and oxygen atoms in total. The van der Waals surface area contributed by atoms with E-state index in [0.717, 1.165) is 6.20 Å². The van der Waals surface area contributed by atoms with Gasteiger partial charge >= 0.3 is 5.97 Å². The number of nitrogens with zero attached hydrogens (tertiary/aromatic N) is 1. The number of pyridine rings is 1. The third kappa shape index (κ3) is 1.97. The summed E-state index contributed by atoms with van der Waals surface area (Å²) in [7, 11) is 0. The molecule has 1 aromatic rings. The Bertz CT molecular complexity index is 383. The molecular formula is C10H11FN2O2. The SMILES string of the molecule is O=C(O)C1CNCC1c1cncc(F)c1. The molecule has 2 rings (SSSR count). The molecule has 0 spiro atoms. The van der Waals surface area contributed by atoms with E-state index in [2.05, 4.69) is 10.3 Å². The zero-order valence-electron chi connectivity index (χ0n) is 7.98. The zero-order chi connectivity index (χ0) is 10.8. The number of nitrogens with one attached hydrogen (secondary N) is 1. The Labute approximate surface area is 86.1 Å². The van der Waals surface area contributed by atoms with E-state index >= 15 is 0 Å². The summed E-state index contributed by atoms with van der Waals surface area (Å²) in [5, 5.41) is 12.0. The molecule has 1 aromatic heterocycles. The second-order valence-corrected chi connectivity index (χ2v) is 3.65. The van der Waals surface area contributed by atoms with Crippen LogP contribution < -0.4 is 5.32 Å². The maximum Gasteiger partial charge on any atom is 0.308 e.